The largest absolute Gasteiger partial charge is 0.508 e. The number of phenolic OH excluding ortho intramolecular Hbond substituents is 1. The van der Waals surface area contributed by atoms with Crippen molar-refractivity contribution in [2.24, 2.45) is 5.92 Å². The molecule has 0 heterocycles. The predicted molar refractivity (Wildman–Crippen MR) is 75.6 cm³/mol. The van der Waals surface area contributed by atoms with E-state index in [9.17, 15) is 9.90 Å². The molecule has 2 radical (unpaired) electrons. The second kappa shape index (κ2) is 4.40. The van der Waals surface area contributed by atoms with Crippen molar-refractivity contribution in [1.82, 2.24) is 0 Å². The van der Waals surface area contributed by atoms with E-state index in [1.807, 2.05) is 12.1 Å². The highest BCUT2D eigenvalue weighted by molar-refractivity contribution is 6.24. The lowest BCUT2D eigenvalue weighted by molar-refractivity contribution is -0.123. The van der Waals surface area contributed by atoms with Crippen LogP contribution in [0.25, 0.3) is 0 Å². The third kappa shape index (κ3) is 1.82. The number of carbonyl (C=O) groups excluding carboxylic acids is 1. The standard InChI is InChI=1S/C16H19BO2/c1-2-16-9-14(17)15(19)8-11(16)4-3-10-7-12(18)5-6-13(10)16/h5-7,11,14,18H,2-4,8-9H2,1H3/t11-,14+,16-/m1/s1. The minimum absolute atomic E-state index is 0.0363. The Hall–Kier alpha value is -1.25. The van der Waals surface area contributed by atoms with Gasteiger partial charge in [-0.15, -0.1) is 0 Å². The molecule has 2 nitrogen and oxygen atoms in total. The molecule has 2 aliphatic carbocycles. The van der Waals surface area contributed by atoms with Gasteiger partial charge in [0, 0.05) is 6.42 Å². The second-order valence-corrected chi connectivity index (χ2v) is 6.07. The van der Waals surface area contributed by atoms with E-state index < -0.39 is 0 Å². The summed E-state index contributed by atoms with van der Waals surface area (Å²) >= 11 is 0. The van der Waals surface area contributed by atoms with Crippen LogP contribution < -0.4 is 0 Å². The van der Waals surface area contributed by atoms with Gasteiger partial charge in [-0.2, -0.15) is 0 Å². The fourth-order valence-corrected chi connectivity index (χ4v) is 4.20. The molecule has 3 atom stereocenters. The lowest BCUT2D eigenvalue weighted by Crippen LogP contribution is -2.45. The summed E-state index contributed by atoms with van der Waals surface area (Å²) in [5, 5.41) is 9.66. The normalized spacial score (nSPS) is 33.6. The molecule has 1 saturated carbocycles. The Morgan fingerprint density at radius 2 is 2.26 bits per heavy atom. The molecule has 2 aliphatic rings. The molecule has 1 N–H and O–H groups in total. The van der Waals surface area contributed by atoms with Crippen molar-refractivity contribution in [2.45, 2.75) is 50.3 Å². The summed E-state index contributed by atoms with van der Waals surface area (Å²) in [5.41, 5.74) is 2.58. The number of benzene rings is 1. The number of hydrogen-bond acceptors (Lipinski definition) is 2. The van der Waals surface area contributed by atoms with Gasteiger partial charge in [0.25, 0.3) is 0 Å². The first-order valence-corrected chi connectivity index (χ1v) is 7.17. The number of ketones is 1. The van der Waals surface area contributed by atoms with Gasteiger partial charge < -0.3 is 9.90 Å². The molecule has 3 rings (SSSR count). The van der Waals surface area contributed by atoms with Gasteiger partial charge in [0.2, 0.25) is 0 Å². The van der Waals surface area contributed by atoms with E-state index in [-0.39, 0.29) is 17.0 Å². The Labute approximate surface area is 115 Å². The van der Waals surface area contributed by atoms with Crippen LogP contribution in [0.15, 0.2) is 18.2 Å². The first kappa shape index (κ1) is 12.8. The van der Waals surface area contributed by atoms with Gasteiger partial charge in [-0.1, -0.05) is 13.0 Å². The second-order valence-electron chi connectivity index (χ2n) is 6.07. The molecule has 0 aliphatic heterocycles. The number of aryl methyl sites for hydroxylation is 1. The number of phenols is 1. The molecule has 0 unspecified atom stereocenters. The zero-order valence-corrected chi connectivity index (χ0v) is 11.4. The van der Waals surface area contributed by atoms with E-state index >= 15 is 0 Å². The third-order valence-electron chi connectivity index (χ3n) is 5.25. The van der Waals surface area contributed by atoms with Gasteiger partial charge in [-0.25, -0.2) is 0 Å². The highest BCUT2D eigenvalue weighted by atomic mass is 16.3. The minimum Gasteiger partial charge on any atom is -0.508 e. The van der Waals surface area contributed by atoms with E-state index in [2.05, 4.69) is 6.92 Å². The number of carbonyl (C=O) groups is 1. The maximum absolute atomic E-state index is 11.9. The summed E-state index contributed by atoms with van der Waals surface area (Å²) in [6.45, 7) is 2.19. The van der Waals surface area contributed by atoms with E-state index in [4.69, 9.17) is 7.85 Å². The Morgan fingerprint density at radius 1 is 1.47 bits per heavy atom. The molecule has 98 valence electrons. The molecule has 0 bridgehead atoms. The van der Waals surface area contributed by atoms with Crippen LogP contribution in [0.3, 0.4) is 0 Å². The van der Waals surface area contributed by atoms with Crippen LogP contribution in [0.1, 0.15) is 43.7 Å². The molecular formula is C16H19BO2. The Balaban J connectivity index is 2.11. The van der Waals surface area contributed by atoms with E-state index in [0.717, 1.165) is 25.7 Å². The number of hydrogen-bond donors (Lipinski definition) is 1. The van der Waals surface area contributed by atoms with Gasteiger partial charge in [-0.05, 0) is 66.1 Å². The van der Waals surface area contributed by atoms with Crippen molar-refractivity contribution < 1.29 is 9.90 Å². The first-order valence-electron chi connectivity index (χ1n) is 7.17. The number of fused-ring (bicyclic) bond motifs is 3. The average Bonchev–Trinajstić information content (AvgIpc) is 2.40. The summed E-state index contributed by atoms with van der Waals surface area (Å²) in [5.74, 6) is 0.647. The fraction of sp³-hybridized carbons (Fsp3) is 0.562. The van der Waals surface area contributed by atoms with Crippen LogP contribution in [-0.4, -0.2) is 18.7 Å². The van der Waals surface area contributed by atoms with Crippen molar-refractivity contribution in [3.05, 3.63) is 29.3 Å². The topological polar surface area (TPSA) is 37.3 Å². The number of rotatable bonds is 1. The summed E-state index contributed by atoms with van der Waals surface area (Å²) in [7, 11) is 6.03. The predicted octanol–water partition coefficient (Wildman–Crippen LogP) is 2.92. The van der Waals surface area contributed by atoms with Crippen LogP contribution in [0.2, 0.25) is 5.82 Å². The average molecular weight is 254 g/mol. The Morgan fingerprint density at radius 3 is 3.00 bits per heavy atom. The van der Waals surface area contributed by atoms with Gasteiger partial charge in [-0.3, -0.25) is 0 Å². The van der Waals surface area contributed by atoms with Crippen LogP contribution in [0, 0.1) is 5.92 Å². The molecule has 1 aromatic rings. The molecule has 0 amide bonds. The smallest absolute Gasteiger partial charge is 0.127 e. The maximum Gasteiger partial charge on any atom is 0.127 e. The van der Waals surface area contributed by atoms with Crippen molar-refractivity contribution >= 4 is 13.6 Å². The molecule has 19 heavy (non-hydrogen) atoms. The van der Waals surface area contributed by atoms with Crippen LogP contribution in [0.4, 0.5) is 0 Å². The van der Waals surface area contributed by atoms with Crippen molar-refractivity contribution in [3.63, 3.8) is 0 Å². The molecule has 0 spiro atoms. The summed E-state index contributed by atoms with van der Waals surface area (Å²) in [6.07, 6.45) is 4.37. The van der Waals surface area contributed by atoms with Gasteiger partial charge in [0.05, 0.1) is 7.85 Å². The third-order valence-corrected chi connectivity index (χ3v) is 5.25. The van der Waals surface area contributed by atoms with Gasteiger partial charge in [0.15, 0.2) is 0 Å². The maximum atomic E-state index is 11.9. The zero-order valence-electron chi connectivity index (χ0n) is 11.4. The zero-order chi connectivity index (χ0) is 13.6. The summed E-state index contributed by atoms with van der Waals surface area (Å²) in [6, 6.07) is 5.69. The van der Waals surface area contributed by atoms with Crippen LogP contribution >= 0.6 is 0 Å². The number of aromatic hydroxyl groups is 1. The molecule has 1 aromatic carbocycles. The van der Waals surface area contributed by atoms with Crippen molar-refractivity contribution in [1.29, 1.82) is 0 Å². The van der Waals surface area contributed by atoms with Crippen molar-refractivity contribution in [3.8, 4) is 5.75 Å². The van der Waals surface area contributed by atoms with Crippen molar-refractivity contribution in [2.75, 3.05) is 0 Å². The molecule has 1 fully saturated rings. The van der Waals surface area contributed by atoms with Crippen LogP contribution in [-0.2, 0) is 16.6 Å². The number of Topliss-reactive ketones (excluding diaryl/α,β-unsaturated/α-hetero) is 1. The van der Waals surface area contributed by atoms with Crippen LogP contribution in [0.5, 0.6) is 5.75 Å². The van der Waals surface area contributed by atoms with Gasteiger partial charge >= 0.3 is 0 Å². The molecule has 0 saturated heterocycles. The lowest BCUT2D eigenvalue weighted by Gasteiger charge is -2.50. The summed E-state index contributed by atoms with van der Waals surface area (Å²) in [4.78, 5) is 11.9. The Kier molecular flexibility index (Phi) is 2.96. The first-order chi connectivity index (χ1) is 9.06. The van der Waals surface area contributed by atoms with E-state index in [1.54, 1.807) is 6.07 Å². The monoisotopic (exact) mass is 254 g/mol. The molecule has 3 heteroatoms. The molecular weight excluding hydrogens is 235 g/mol. The quantitative estimate of drug-likeness (QED) is 0.782. The van der Waals surface area contributed by atoms with E-state index in [0.29, 0.717) is 18.1 Å². The Bertz CT molecular complexity index is 525. The van der Waals surface area contributed by atoms with Gasteiger partial charge in [0.1, 0.15) is 11.5 Å². The summed E-state index contributed by atoms with van der Waals surface area (Å²) < 4.78 is 0. The highest BCUT2D eigenvalue weighted by Gasteiger charge is 2.48. The fourth-order valence-electron chi connectivity index (χ4n) is 4.20. The minimum atomic E-state index is -0.323. The highest BCUT2D eigenvalue weighted by Crippen LogP contribution is 2.53. The molecule has 0 aromatic heterocycles. The lowest BCUT2D eigenvalue weighted by atomic mass is 9.51. The SMILES string of the molecule is [B][C@H]1C[C@@]2(CC)c3ccc(O)cc3CC[C@@H]2CC1=O. The van der Waals surface area contributed by atoms with E-state index in [1.165, 1.54) is 11.1 Å².